The van der Waals surface area contributed by atoms with E-state index in [4.69, 9.17) is 5.10 Å². The van der Waals surface area contributed by atoms with Crippen molar-refractivity contribution in [2.45, 2.75) is 25.8 Å². The largest absolute Gasteiger partial charge is 0.329 e. The van der Waals surface area contributed by atoms with Gasteiger partial charge in [0.2, 0.25) is 11.8 Å². The summed E-state index contributed by atoms with van der Waals surface area (Å²) in [6.07, 6.45) is 0.605. The summed E-state index contributed by atoms with van der Waals surface area (Å²) in [5.41, 5.74) is 3.96. The van der Waals surface area contributed by atoms with Gasteiger partial charge in [-0.05, 0) is 41.8 Å². The molecule has 0 aliphatic rings. The van der Waals surface area contributed by atoms with Crippen molar-refractivity contribution in [2.24, 2.45) is 0 Å². The number of benzene rings is 4. The van der Waals surface area contributed by atoms with Crippen molar-refractivity contribution < 1.29 is 14.0 Å². The minimum Gasteiger partial charge on any atom is -0.329 e. The molecule has 6 nitrogen and oxygen atoms in total. The van der Waals surface area contributed by atoms with Gasteiger partial charge >= 0.3 is 0 Å². The molecule has 1 atom stereocenters. The molecule has 0 radical (unpaired) electrons. The number of carbonyl (C=O) groups is 2. The van der Waals surface area contributed by atoms with Crippen LogP contribution in [-0.2, 0) is 16.1 Å². The van der Waals surface area contributed by atoms with Crippen LogP contribution in [0.15, 0.2) is 121 Å². The van der Waals surface area contributed by atoms with Gasteiger partial charge in [-0.1, -0.05) is 97.9 Å². The number of hydrogen-bond acceptors (Lipinski definition) is 3. The number of hydrogen-bond donors (Lipinski definition) is 1. The number of halogens is 1. The van der Waals surface area contributed by atoms with Crippen molar-refractivity contribution in [1.82, 2.24) is 14.7 Å². The van der Waals surface area contributed by atoms with Gasteiger partial charge in [0.25, 0.3) is 0 Å². The van der Waals surface area contributed by atoms with Crippen LogP contribution in [0.3, 0.4) is 0 Å². The Hall–Kier alpha value is -5.04. The SMILES string of the molecule is CC[C@@H](C(=O)N(CC(=O)Nc1cc(-c2ccccc2)nn1-c1ccc(F)cc1)Cc1ccccc1)c1ccccc1. The Balaban J connectivity index is 1.43. The van der Waals surface area contributed by atoms with Crippen LogP contribution in [-0.4, -0.2) is 33.0 Å². The average Bonchev–Trinajstić information content (AvgIpc) is 3.42. The van der Waals surface area contributed by atoms with E-state index in [9.17, 15) is 14.0 Å². The number of rotatable bonds is 10. The van der Waals surface area contributed by atoms with E-state index in [-0.39, 0.29) is 30.1 Å². The molecule has 5 rings (SSSR count). The fraction of sp³-hybridized carbons (Fsp3) is 0.147. The zero-order chi connectivity index (χ0) is 28.6. The molecule has 7 heteroatoms. The van der Waals surface area contributed by atoms with Gasteiger partial charge in [0.1, 0.15) is 18.2 Å². The zero-order valence-electron chi connectivity index (χ0n) is 22.8. The topological polar surface area (TPSA) is 67.2 Å². The van der Waals surface area contributed by atoms with E-state index in [2.05, 4.69) is 5.32 Å². The van der Waals surface area contributed by atoms with Crippen molar-refractivity contribution in [2.75, 3.05) is 11.9 Å². The number of nitrogens with zero attached hydrogens (tertiary/aromatic N) is 3. The predicted octanol–water partition coefficient (Wildman–Crippen LogP) is 6.84. The Morgan fingerprint density at radius 3 is 2.10 bits per heavy atom. The van der Waals surface area contributed by atoms with Gasteiger partial charge in [-0.15, -0.1) is 0 Å². The van der Waals surface area contributed by atoms with Gasteiger partial charge in [0, 0.05) is 18.2 Å². The Morgan fingerprint density at radius 2 is 1.46 bits per heavy atom. The third kappa shape index (κ3) is 6.76. The maximum Gasteiger partial charge on any atom is 0.245 e. The van der Waals surface area contributed by atoms with Crippen molar-refractivity contribution >= 4 is 17.6 Å². The fourth-order valence-electron chi connectivity index (χ4n) is 4.83. The van der Waals surface area contributed by atoms with E-state index < -0.39 is 0 Å². The molecule has 206 valence electrons. The first-order valence-corrected chi connectivity index (χ1v) is 13.6. The molecule has 2 amide bonds. The van der Waals surface area contributed by atoms with Crippen LogP contribution < -0.4 is 5.32 Å². The summed E-state index contributed by atoms with van der Waals surface area (Å²) < 4.78 is 15.2. The molecule has 0 aliphatic carbocycles. The molecule has 5 aromatic rings. The van der Waals surface area contributed by atoms with Crippen LogP contribution in [0, 0.1) is 5.82 Å². The smallest absolute Gasteiger partial charge is 0.245 e. The second-order valence-electron chi connectivity index (χ2n) is 9.77. The highest BCUT2D eigenvalue weighted by Gasteiger charge is 2.27. The number of anilines is 1. The van der Waals surface area contributed by atoms with Gasteiger partial charge in [0.15, 0.2) is 0 Å². The molecule has 1 heterocycles. The second kappa shape index (κ2) is 12.9. The molecule has 0 saturated heterocycles. The van der Waals surface area contributed by atoms with Gasteiger partial charge in [-0.25, -0.2) is 9.07 Å². The van der Waals surface area contributed by atoms with Gasteiger partial charge < -0.3 is 10.2 Å². The third-order valence-electron chi connectivity index (χ3n) is 6.89. The predicted molar refractivity (Wildman–Crippen MR) is 159 cm³/mol. The van der Waals surface area contributed by atoms with Crippen LogP contribution >= 0.6 is 0 Å². The fourth-order valence-corrected chi connectivity index (χ4v) is 4.83. The first-order valence-electron chi connectivity index (χ1n) is 13.6. The van der Waals surface area contributed by atoms with Crippen molar-refractivity contribution in [3.8, 4) is 16.9 Å². The van der Waals surface area contributed by atoms with E-state index in [1.54, 1.807) is 27.8 Å². The summed E-state index contributed by atoms with van der Waals surface area (Å²) in [5.74, 6) is -0.798. The standard InChI is InChI=1S/C34H31FN4O2/c1-2-30(26-14-8-4-9-15-26)34(41)38(23-25-12-6-3-7-13-25)24-33(40)36-32-22-31(27-16-10-5-11-17-27)37-39(32)29-20-18-28(35)19-21-29/h3-22,30H,2,23-24H2,1H3,(H,36,40)/t30-/m1/s1. The average molecular weight is 547 g/mol. The lowest BCUT2D eigenvalue weighted by molar-refractivity contribution is -0.136. The Kier molecular flexibility index (Phi) is 8.64. The van der Waals surface area contributed by atoms with Crippen molar-refractivity contribution in [3.63, 3.8) is 0 Å². The molecule has 1 aromatic heterocycles. The molecule has 41 heavy (non-hydrogen) atoms. The molecule has 0 bridgehead atoms. The first kappa shape index (κ1) is 27.5. The highest BCUT2D eigenvalue weighted by Crippen LogP contribution is 2.26. The van der Waals surface area contributed by atoms with E-state index >= 15 is 0 Å². The minimum atomic E-state index is -0.373. The summed E-state index contributed by atoms with van der Waals surface area (Å²) in [6.45, 7) is 2.12. The quantitative estimate of drug-likeness (QED) is 0.209. The Bertz CT molecular complexity index is 1590. The summed E-state index contributed by atoms with van der Waals surface area (Å²) in [6, 6.07) is 36.5. The van der Waals surface area contributed by atoms with Crippen LogP contribution in [0.2, 0.25) is 0 Å². The normalized spacial score (nSPS) is 11.6. The van der Waals surface area contributed by atoms with E-state index in [1.807, 2.05) is 97.9 Å². The van der Waals surface area contributed by atoms with Gasteiger partial charge in [-0.3, -0.25) is 9.59 Å². The van der Waals surface area contributed by atoms with Crippen LogP contribution in [0.25, 0.3) is 16.9 Å². The van der Waals surface area contributed by atoms with Gasteiger partial charge in [0.05, 0.1) is 17.3 Å². The molecule has 0 fully saturated rings. The van der Waals surface area contributed by atoms with Crippen molar-refractivity contribution in [3.05, 3.63) is 138 Å². The Labute approximate surface area is 239 Å². The van der Waals surface area contributed by atoms with Gasteiger partial charge in [-0.2, -0.15) is 5.10 Å². The number of nitrogens with one attached hydrogen (secondary N) is 1. The highest BCUT2D eigenvalue weighted by atomic mass is 19.1. The van der Waals surface area contributed by atoms with Crippen molar-refractivity contribution in [1.29, 1.82) is 0 Å². The lowest BCUT2D eigenvalue weighted by Gasteiger charge is -2.27. The van der Waals surface area contributed by atoms with Crippen LogP contribution in [0.5, 0.6) is 0 Å². The monoisotopic (exact) mass is 546 g/mol. The summed E-state index contributed by atoms with van der Waals surface area (Å²) in [7, 11) is 0. The maximum absolute atomic E-state index is 13.9. The zero-order valence-corrected chi connectivity index (χ0v) is 22.8. The number of carbonyl (C=O) groups excluding carboxylic acids is 2. The summed E-state index contributed by atoms with van der Waals surface area (Å²) >= 11 is 0. The van der Waals surface area contributed by atoms with Crippen LogP contribution in [0.4, 0.5) is 10.2 Å². The first-order chi connectivity index (χ1) is 20.0. The van der Waals surface area contributed by atoms with Crippen LogP contribution in [0.1, 0.15) is 30.4 Å². The molecular formula is C34H31FN4O2. The lowest BCUT2D eigenvalue weighted by Crippen LogP contribution is -2.40. The summed E-state index contributed by atoms with van der Waals surface area (Å²) in [5, 5.41) is 7.65. The molecule has 1 N–H and O–H groups in total. The number of amides is 2. The molecule has 4 aromatic carbocycles. The third-order valence-corrected chi connectivity index (χ3v) is 6.89. The summed E-state index contributed by atoms with van der Waals surface area (Å²) in [4.78, 5) is 29.0. The lowest BCUT2D eigenvalue weighted by atomic mass is 9.94. The van der Waals surface area contributed by atoms with E-state index in [0.29, 0.717) is 30.2 Å². The molecular weight excluding hydrogens is 515 g/mol. The Morgan fingerprint density at radius 1 is 0.854 bits per heavy atom. The minimum absolute atomic E-state index is 0.116. The molecule has 0 saturated carbocycles. The maximum atomic E-state index is 13.9. The van der Waals surface area contributed by atoms with E-state index in [0.717, 1.165) is 16.7 Å². The highest BCUT2D eigenvalue weighted by molar-refractivity contribution is 5.95. The number of aromatic nitrogens is 2. The van der Waals surface area contributed by atoms with E-state index in [1.165, 1.54) is 12.1 Å². The molecule has 0 aliphatic heterocycles. The molecule has 0 spiro atoms. The molecule has 0 unspecified atom stereocenters. The second-order valence-corrected chi connectivity index (χ2v) is 9.77.